The molecule has 1 aromatic carbocycles. The Morgan fingerprint density at radius 2 is 1.83 bits per heavy atom. The van der Waals surface area contributed by atoms with Gasteiger partial charge in [-0.1, -0.05) is 34.1 Å². The third-order valence-corrected chi connectivity index (χ3v) is 5.42. The number of halogens is 1. The number of carbonyl (C=O) groups is 2. The number of hydrogen-bond acceptors (Lipinski definition) is 4. The van der Waals surface area contributed by atoms with E-state index in [4.69, 9.17) is 0 Å². The van der Waals surface area contributed by atoms with E-state index in [1.165, 1.54) is 22.7 Å². The van der Waals surface area contributed by atoms with E-state index in [-0.39, 0.29) is 11.5 Å². The number of benzene rings is 1. The van der Waals surface area contributed by atoms with Gasteiger partial charge in [0, 0.05) is 15.4 Å². The maximum Gasteiger partial charge on any atom is 0.339 e. The van der Waals surface area contributed by atoms with Gasteiger partial charge in [0.25, 0.3) is 5.91 Å². The molecule has 1 amide bonds. The van der Waals surface area contributed by atoms with Gasteiger partial charge in [-0.3, -0.25) is 4.79 Å². The summed E-state index contributed by atoms with van der Waals surface area (Å²) in [7, 11) is 0. The topological polar surface area (TPSA) is 66.4 Å². The summed E-state index contributed by atoms with van der Waals surface area (Å²) < 4.78 is 0.916. The summed E-state index contributed by atoms with van der Waals surface area (Å²) in [4.78, 5) is 24.3. The van der Waals surface area contributed by atoms with Crippen molar-refractivity contribution in [3.63, 3.8) is 0 Å². The van der Waals surface area contributed by atoms with E-state index in [1.807, 2.05) is 24.3 Å². The van der Waals surface area contributed by atoms with E-state index in [9.17, 15) is 14.7 Å². The number of rotatable bonds is 4. The molecule has 0 aliphatic rings. The summed E-state index contributed by atoms with van der Waals surface area (Å²) in [5, 5.41) is 16.1. The number of anilines is 1. The van der Waals surface area contributed by atoms with Crippen LogP contribution in [0, 0.1) is 0 Å². The van der Waals surface area contributed by atoms with Crippen molar-refractivity contribution >= 4 is 55.5 Å². The van der Waals surface area contributed by atoms with Crippen LogP contribution in [-0.2, 0) is 0 Å². The van der Waals surface area contributed by atoms with Crippen LogP contribution >= 0.6 is 38.6 Å². The first-order valence-electron chi connectivity index (χ1n) is 6.52. The molecule has 4 nitrogen and oxygen atoms in total. The molecular weight excluding hydrogens is 398 g/mol. The predicted octanol–water partition coefficient (Wildman–Crippen LogP) is 5.19. The van der Waals surface area contributed by atoms with Crippen LogP contribution in [0.25, 0.3) is 11.1 Å². The van der Waals surface area contributed by atoms with Crippen molar-refractivity contribution < 1.29 is 14.7 Å². The molecule has 2 N–H and O–H groups in total. The van der Waals surface area contributed by atoms with E-state index in [1.54, 1.807) is 22.9 Å². The zero-order chi connectivity index (χ0) is 16.4. The molecule has 3 rings (SSSR count). The Morgan fingerprint density at radius 3 is 2.43 bits per heavy atom. The number of carbonyl (C=O) groups excluding carboxylic acids is 1. The molecule has 0 aliphatic heterocycles. The van der Waals surface area contributed by atoms with Crippen LogP contribution in [0.1, 0.15) is 20.0 Å². The van der Waals surface area contributed by atoms with Gasteiger partial charge in [-0.15, -0.1) is 22.7 Å². The molecule has 23 heavy (non-hydrogen) atoms. The summed E-state index contributed by atoms with van der Waals surface area (Å²) in [6.45, 7) is 0. The van der Waals surface area contributed by atoms with Crippen molar-refractivity contribution in [2.75, 3.05) is 5.32 Å². The van der Waals surface area contributed by atoms with Crippen LogP contribution in [0.2, 0.25) is 0 Å². The number of aromatic carboxylic acids is 1. The fourth-order valence-electron chi connectivity index (χ4n) is 2.08. The van der Waals surface area contributed by atoms with Crippen molar-refractivity contribution in [1.82, 2.24) is 0 Å². The molecule has 7 heteroatoms. The quantitative estimate of drug-likeness (QED) is 0.625. The molecule has 116 valence electrons. The third-order valence-electron chi connectivity index (χ3n) is 3.13. The van der Waals surface area contributed by atoms with Crippen molar-refractivity contribution in [3.8, 4) is 11.1 Å². The second-order valence-corrected chi connectivity index (χ2v) is 7.34. The molecule has 2 aromatic heterocycles. The molecule has 0 saturated carbocycles. The van der Waals surface area contributed by atoms with Crippen molar-refractivity contribution in [2.24, 2.45) is 0 Å². The zero-order valence-corrected chi connectivity index (χ0v) is 14.8. The number of amides is 1. The minimum Gasteiger partial charge on any atom is -0.478 e. The first-order valence-corrected chi connectivity index (χ1v) is 9.07. The number of carboxylic acid groups (broad SMARTS) is 1. The second kappa shape index (κ2) is 6.66. The van der Waals surface area contributed by atoms with Gasteiger partial charge >= 0.3 is 5.97 Å². The average Bonchev–Trinajstić information content (AvgIpc) is 3.17. The zero-order valence-electron chi connectivity index (χ0n) is 11.6. The van der Waals surface area contributed by atoms with Gasteiger partial charge in [0.05, 0.1) is 4.88 Å². The third kappa shape index (κ3) is 3.36. The van der Waals surface area contributed by atoms with Gasteiger partial charge in [-0.2, -0.15) is 0 Å². The Morgan fingerprint density at radius 1 is 1.09 bits per heavy atom. The standard InChI is InChI=1S/C16H10BrNO3S2/c17-10-5-3-9(4-6-10)11-8-23-15(13(11)16(20)21)18-14(19)12-2-1-7-22-12/h1-8H,(H,18,19)(H,20,21). The lowest BCUT2D eigenvalue weighted by molar-refractivity contribution is 0.0699. The number of nitrogens with one attached hydrogen (secondary N) is 1. The highest BCUT2D eigenvalue weighted by atomic mass is 79.9. The van der Waals surface area contributed by atoms with Gasteiger partial charge in [0.2, 0.25) is 0 Å². The van der Waals surface area contributed by atoms with E-state index in [0.717, 1.165) is 10.0 Å². The van der Waals surface area contributed by atoms with Crippen LogP contribution in [0.3, 0.4) is 0 Å². The highest BCUT2D eigenvalue weighted by Gasteiger charge is 2.21. The number of hydrogen-bond donors (Lipinski definition) is 2. The van der Waals surface area contributed by atoms with Crippen molar-refractivity contribution in [3.05, 3.63) is 62.1 Å². The maximum absolute atomic E-state index is 12.1. The van der Waals surface area contributed by atoms with E-state index < -0.39 is 5.97 Å². The summed E-state index contributed by atoms with van der Waals surface area (Å²) in [5.41, 5.74) is 1.50. The maximum atomic E-state index is 12.1. The average molecular weight is 408 g/mol. The van der Waals surface area contributed by atoms with Gasteiger partial charge in [0.1, 0.15) is 10.6 Å². The van der Waals surface area contributed by atoms with Crippen LogP contribution in [-0.4, -0.2) is 17.0 Å². The van der Waals surface area contributed by atoms with E-state index in [2.05, 4.69) is 21.2 Å². The molecule has 0 fully saturated rings. The first-order chi connectivity index (χ1) is 11.1. The smallest absolute Gasteiger partial charge is 0.339 e. The second-order valence-electron chi connectivity index (χ2n) is 4.60. The van der Waals surface area contributed by atoms with Crippen LogP contribution in [0.5, 0.6) is 0 Å². The largest absolute Gasteiger partial charge is 0.478 e. The lowest BCUT2D eigenvalue weighted by atomic mass is 10.0. The highest BCUT2D eigenvalue weighted by molar-refractivity contribution is 9.10. The van der Waals surface area contributed by atoms with Crippen LogP contribution in [0.15, 0.2) is 51.6 Å². The lowest BCUT2D eigenvalue weighted by Gasteiger charge is -2.05. The molecule has 2 heterocycles. The Labute approximate surface area is 148 Å². The van der Waals surface area contributed by atoms with Crippen LogP contribution in [0.4, 0.5) is 5.00 Å². The molecular formula is C16H10BrNO3S2. The molecule has 0 aliphatic carbocycles. The predicted molar refractivity (Wildman–Crippen MR) is 96.7 cm³/mol. The summed E-state index contributed by atoms with van der Waals surface area (Å²) >= 11 is 5.87. The molecule has 0 radical (unpaired) electrons. The molecule has 0 saturated heterocycles. The summed E-state index contributed by atoms with van der Waals surface area (Å²) in [5.74, 6) is -1.36. The van der Waals surface area contributed by atoms with E-state index >= 15 is 0 Å². The highest BCUT2D eigenvalue weighted by Crippen LogP contribution is 2.36. The summed E-state index contributed by atoms with van der Waals surface area (Å²) in [6, 6.07) is 10.8. The van der Waals surface area contributed by atoms with Gasteiger partial charge < -0.3 is 10.4 Å². The normalized spacial score (nSPS) is 10.5. The summed E-state index contributed by atoms with van der Waals surface area (Å²) in [6.07, 6.45) is 0. The van der Waals surface area contributed by atoms with Gasteiger partial charge in [-0.05, 0) is 29.1 Å². The monoisotopic (exact) mass is 407 g/mol. The Kier molecular flexibility index (Phi) is 4.61. The minimum absolute atomic E-state index is 0.113. The van der Waals surface area contributed by atoms with Crippen LogP contribution < -0.4 is 5.32 Å². The van der Waals surface area contributed by atoms with Gasteiger partial charge in [0.15, 0.2) is 0 Å². The molecule has 0 bridgehead atoms. The van der Waals surface area contributed by atoms with Crippen molar-refractivity contribution in [1.29, 1.82) is 0 Å². The fourth-order valence-corrected chi connectivity index (χ4v) is 3.92. The Balaban J connectivity index is 1.97. The van der Waals surface area contributed by atoms with Crippen molar-refractivity contribution in [2.45, 2.75) is 0 Å². The lowest BCUT2D eigenvalue weighted by Crippen LogP contribution is -2.12. The van der Waals surface area contributed by atoms with Gasteiger partial charge in [-0.25, -0.2) is 4.79 Å². The Hall–Kier alpha value is -1.96. The number of carboxylic acids is 1. The molecule has 0 unspecified atom stereocenters. The first kappa shape index (κ1) is 15.9. The molecule has 0 spiro atoms. The number of thiophene rings is 2. The molecule has 3 aromatic rings. The Bertz CT molecular complexity index is 854. The fraction of sp³-hybridized carbons (Fsp3) is 0. The van der Waals surface area contributed by atoms with E-state index in [0.29, 0.717) is 15.4 Å². The molecule has 0 atom stereocenters. The SMILES string of the molecule is O=C(Nc1scc(-c2ccc(Br)cc2)c1C(=O)O)c1cccs1. The minimum atomic E-state index is -1.06.